The molecule has 10 nitrogen and oxygen atoms in total. The van der Waals surface area contributed by atoms with E-state index < -0.39 is 47.4 Å². The maximum absolute atomic E-state index is 13.5. The number of nitrogens with two attached hydrogens (primary N) is 1. The molecule has 11 heteroatoms. The first-order chi connectivity index (χ1) is 22.2. The minimum atomic E-state index is -1.20. The van der Waals surface area contributed by atoms with Gasteiger partial charge in [-0.05, 0) is 67.7 Å². The number of esters is 2. The molecule has 0 unspecified atom stereocenters. The van der Waals surface area contributed by atoms with Gasteiger partial charge in [0.25, 0.3) is 0 Å². The summed E-state index contributed by atoms with van der Waals surface area (Å²) in [5, 5.41) is 5.89. The van der Waals surface area contributed by atoms with Crippen LogP contribution in [-0.2, 0) is 35.1 Å². The highest BCUT2D eigenvalue weighted by molar-refractivity contribution is 6.32. The van der Waals surface area contributed by atoms with Gasteiger partial charge in [0.05, 0.1) is 17.5 Å². The fourth-order valence-electron chi connectivity index (χ4n) is 4.81. The molecule has 0 aliphatic carbocycles. The molecule has 47 heavy (non-hydrogen) atoms. The zero-order valence-corrected chi connectivity index (χ0v) is 28.6. The van der Waals surface area contributed by atoms with Gasteiger partial charge in [-0.1, -0.05) is 68.8 Å². The number of hydrogen-bond acceptors (Lipinski definition) is 8. The number of anilines is 1. The summed E-state index contributed by atoms with van der Waals surface area (Å²) < 4.78 is 17.0. The van der Waals surface area contributed by atoms with Crippen LogP contribution in [0, 0.1) is 17.3 Å². The van der Waals surface area contributed by atoms with Gasteiger partial charge in [0.15, 0.2) is 6.10 Å². The van der Waals surface area contributed by atoms with E-state index in [-0.39, 0.29) is 37.6 Å². The van der Waals surface area contributed by atoms with Crippen molar-refractivity contribution in [2.75, 3.05) is 19.4 Å². The lowest BCUT2D eigenvalue weighted by Gasteiger charge is -2.29. The van der Waals surface area contributed by atoms with Crippen molar-refractivity contribution >= 4 is 47.1 Å². The Balaban J connectivity index is 1.93. The third-order valence-electron chi connectivity index (χ3n) is 7.76. The van der Waals surface area contributed by atoms with Crippen LogP contribution >= 0.6 is 11.6 Å². The molecule has 3 rings (SSSR count). The van der Waals surface area contributed by atoms with Crippen LogP contribution in [0.5, 0.6) is 5.75 Å². The van der Waals surface area contributed by atoms with E-state index in [1.54, 1.807) is 50.3 Å². The first kappa shape index (κ1) is 37.2. The molecule has 0 radical (unpaired) electrons. The van der Waals surface area contributed by atoms with Gasteiger partial charge < -0.3 is 30.6 Å². The average Bonchev–Trinajstić information content (AvgIpc) is 3.01. The number of halogens is 1. The molecule has 0 saturated heterocycles. The normalized spacial score (nSPS) is 22.6. The minimum absolute atomic E-state index is 0.0193. The summed E-state index contributed by atoms with van der Waals surface area (Å²) in [7, 11) is 1.50. The molecule has 2 amide bonds. The molecule has 4 N–H and O–H groups in total. The molecule has 2 aromatic carbocycles. The topological polar surface area (TPSA) is 146 Å². The van der Waals surface area contributed by atoms with Crippen molar-refractivity contribution in [3.05, 3.63) is 76.8 Å². The van der Waals surface area contributed by atoms with Gasteiger partial charge in [-0.25, -0.2) is 4.79 Å². The summed E-state index contributed by atoms with van der Waals surface area (Å²) in [4.78, 5) is 53.4. The highest BCUT2D eigenvalue weighted by atomic mass is 35.5. The zero-order valence-electron chi connectivity index (χ0n) is 27.9. The molecule has 1 aliphatic heterocycles. The monoisotopic (exact) mass is 667 g/mol. The van der Waals surface area contributed by atoms with Gasteiger partial charge in [0.2, 0.25) is 11.8 Å². The molecule has 1 aliphatic rings. The van der Waals surface area contributed by atoms with Gasteiger partial charge >= 0.3 is 11.9 Å². The van der Waals surface area contributed by atoms with E-state index in [0.29, 0.717) is 22.0 Å². The average molecular weight is 668 g/mol. The first-order valence-corrected chi connectivity index (χ1v) is 16.1. The minimum Gasteiger partial charge on any atom is -0.495 e. The number of cyclic esters (lactones) is 2. The molecular weight excluding hydrogens is 622 g/mol. The highest BCUT2D eigenvalue weighted by Crippen LogP contribution is 2.26. The number of amides is 2. The molecule has 0 aromatic heterocycles. The van der Waals surface area contributed by atoms with Crippen molar-refractivity contribution in [2.45, 2.75) is 72.1 Å². The number of methoxy groups -OCH3 is 1. The maximum Gasteiger partial charge on any atom is 0.347 e. The van der Waals surface area contributed by atoms with E-state index in [1.165, 1.54) is 13.2 Å². The molecular formula is C36H46ClN3O7. The van der Waals surface area contributed by atoms with Crippen LogP contribution in [0.25, 0.3) is 6.08 Å². The molecule has 0 fully saturated rings. The fourth-order valence-corrected chi connectivity index (χ4v) is 5.09. The number of ether oxygens (including phenoxy) is 3. The van der Waals surface area contributed by atoms with Crippen LogP contribution in [-0.4, -0.2) is 55.7 Å². The van der Waals surface area contributed by atoms with E-state index in [4.69, 9.17) is 31.5 Å². The predicted molar refractivity (Wildman–Crippen MR) is 182 cm³/mol. The van der Waals surface area contributed by atoms with Crippen LogP contribution in [0.1, 0.15) is 58.6 Å². The van der Waals surface area contributed by atoms with E-state index in [2.05, 4.69) is 10.6 Å². The number of hydrogen-bond donors (Lipinski definition) is 3. The molecule has 2 aromatic rings. The smallest absolute Gasteiger partial charge is 0.347 e. The summed E-state index contributed by atoms with van der Waals surface area (Å²) >= 11 is 6.31. The van der Waals surface area contributed by atoms with Crippen LogP contribution in [0.4, 0.5) is 5.69 Å². The van der Waals surface area contributed by atoms with E-state index in [0.717, 1.165) is 5.56 Å². The Morgan fingerprint density at radius 3 is 2.40 bits per heavy atom. The summed E-state index contributed by atoms with van der Waals surface area (Å²) in [5.74, 6) is -2.13. The lowest BCUT2D eigenvalue weighted by Crippen LogP contribution is -2.51. The van der Waals surface area contributed by atoms with Gasteiger partial charge in [0.1, 0.15) is 17.9 Å². The van der Waals surface area contributed by atoms with Crippen LogP contribution in [0.15, 0.2) is 60.7 Å². The second-order valence-corrected chi connectivity index (χ2v) is 13.3. The van der Waals surface area contributed by atoms with E-state index >= 15 is 0 Å². The molecule has 4 atom stereocenters. The quantitative estimate of drug-likeness (QED) is 0.255. The summed E-state index contributed by atoms with van der Waals surface area (Å²) in [6.07, 6.45) is 5.44. The Bertz CT molecular complexity index is 1470. The molecule has 0 spiro atoms. The lowest BCUT2D eigenvalue weighted by atomic mass is 9.93. The second-order valence-electron chi connectivity index (χ2n) is 12.9. The van der Waals surface area contributed by atoms with Crippen molar-refractivity contribution in [1.82, 2.24) is 10.6 Å². The number of nitrogen functional groups attached to an aromatic ring is 1. The van der Waals surface area contributed by atoms with E-state index in [9.17, 15) is 19.2 Å². The molecule has 1 heterocycles. The maximum atomic E-state index is 13.5. The number of nitrogens with one attached hydrogen (secondary N) is 2. The van der Waals surface area contributed by atoms with Gasteiger partial charge in [-0.2, -0.15) is 0 Å². The Morgan fingerprint density at radius 2 is 1.77 bits per heavy atom. The van der Waals surface area contributed by atoms with Gasteiger partial charge in [-0.15, -0.1) is 0 Å². The third kappa shape index (κ3) is 11.5. The van der Waals surface area contributed by atoms with E-state index in [1.807, 2.05) is 45.1 Å². The molecule has 254 valence electrons. The standard InChI is InChI=1S/C36H46ClN3O7/c1-22(2)18-31-34(43)46-29(23(3)10-11-24-12-15-26(38)16-13-24)8-7-9-32(41)40-28(20-25-14-17-30(45-6)27(37)19-25)33(42)39-21-36(4,5)35(44)47-31/h7,9-17,19,22-23,28-29,31H,8,18,20-21,38H2,1-6H3,(H,39,42)(H,40,41)/b9-7+,11-10+/t23-,28-,29+,31+/m1/s1. The summed E-state index contributed by atoms with van der Waals surface area (Å²) in [5.41, 5.74) is 6.86. The number of benzene rings is 2. The van der Waals surface area contributed by atoms with Crippen LogP contribution < -0.4 is 21.1 Å². The Kier molecular flexibility index (Phi) is 13.5. The largest absolute Gasteiger partial charge is 0.495 e. The molecule has 0 bridgehead atoms. The number of carbonyl (C=O) groups is 4. The van der Waals surface area contributed by atoms with Crippen molar-refractivity contribution in [2.24, 2.45) is 17.3 Å². The highest BCUT2D eigenvalue weighted by Gasteiger charge is 2.37. The van der Waals surface area contributed by atoms with Crippen LogP contribution in [0.3, 0.4) is 0 Å². The fraction of sp³-hybridized carbons (Fsp3) is 0.444. The van der Waals surface area contributed by atoms with Crippen molar-refractivity contribution in [1.29, 1.82) is 0 Å². The summed E-state index contributed by atoms with van der Waals surface area (Å²) in [6.45, 7) is 8.85. The third-order valence-corrected chi connectivity index (χ3v) is 8.06. The number of carbonyl (C=O) groups excluding carboxylic acids is 4. The molecule has 0 saturated carbocycles. The van der Waals surface area contributed by atoms with Crippen molar-refractivity contribution < 1.29 is 33.4 Å². The number of rotatable bonds is 8. The SMILES string of the molecule is COc1ccc(C[C@H]2NC(=O)/C=C/C[C@@H]([C@H](C)/C=C/c3ccc(N)cc3)OC(=O)[C@H](CC(C)C)OC(=O)C(C)(C)CNC2=O)cc1Cl. The lowest BCUT2D eigenvalue weighted by molar-refractivity contribution is -0.178. The second kappa shape index (κ2) is 17.0. The van der Waals surface area contributed by atoms with Gasteiger partial charge in [0, 0.05) is 31.0 Å². The van der Waals surface area contributed by atoms with Crippen molar-refractivity contribution in [3.63, 3.8) is 0 Å². The Hall–Kier alpha value is -4.31. The Morgan fingerprint density at radius 1 is 1.06 bits per heavy atom. The first-order valence-electron chi connectivity index (χ1n) is 15.7. The van der Waals surface area contributed by atoms with Crippen LogP contribution in [0.2, 0.25) is 5.02 Å². The Labute approximate surface area is 282 Å². The predicted octanol–water partition coefficient (Wildman–Crippen LogP) is 5.28. The zero-order chi connectivity index (χ0) is 34.7. The van der Waals surface area contributed by atoms with Gasteiger partial charge in [-0.3, -0.25) is 14.4 Å². The summed E-state index contributed by atoms with van der Waals surface area (Å²) in [6, 6.07) is 11.5. The van der Waals surface area contributed by atoms with Crippen molar-refractivity contribution in [3.8, 4) is 5.75 Å².